The Labute approximate surface area is 174 Å². The van der Waals surface area contributed by atoms with E-state index in [9.17, 15) is 9.90 Å². The second kappa shape index (κ2) is 7.72. The van der Waals surface area contributed by atoms with Crippen molar-refractivity contribution in [2.24, 2.45) is 0 Å². The number of fused-ring (bicyclic) bond motifs is 1. The minimum atomic E-state index is -0.0555. The molecule has 1 unspecified atom stereocenters. The number of hydrogen-bond acceptors (Lipinski definition) is 5. The summed E-state index contributed by atoms with van der Waals surface area (Å²) in [6.45, 7) is 7.51. The van der Waals surface area contributed by atoms with E-state index in [-0.39, 0.29) is 17.7 Å². The molecule has 7 heteroatoms. The Kier molecular flexibility index (Phi) is 5.11. The van der Waals surface area contributed by atoms with E-state index in [4.69, 9.17) is 11.6 Å². The first kappa shape index (κ1) is 19.2. The molecule has 0 bridgehead atoms. The molecule has 0 spiro atoms. The van der Waals surface area contributed by atoms with Crippen LogP contribution in [-0.4, -0.2) is 51.6 Å². The average Bonchev–Trinajstić information content (AvgIpc) is 2.73. The second-order valence-electron chi connectivity index (χ2n) is 7.09. The van der Waals surface area contributed by atoms with Gasteiger partial charge in [0.1, 0.15) is 17.9 Å². The maximum atomic E-state index is 12.0. The quantitative estimate of drug-likeness (QED) is 0.666. The summed E-state index contributed by atoms with van der Waals surface area (Å²) in [4.78, 5) is 24.9. The molecular weight excluding hydrogens is 388 g/mol. The maximum absolute atomic E-state index is 12.0. The van der Waals surface area contributed by atoms with E-state index in [1.54, 1.807) is 12.1 Å². The smallest absolute Gasteiger partial charge is 0.246 e. The number of rotatable bonds is 3. The molecule has 1 fully saturated rings. The SMILES string of the molecule is C=CC(=O)N1CCN(c2ncnc3cc(-c4ccccc4O)c(Cl)cc23)CC1C. The van der Waals surface area contributed by atoms with E-state index >= 15 is 0 Å². The molecule has 1 amide bonds. The lowest BCUT2D eigenvalue weighted by Crippen LogP contribution is -2.54. The molecule has 1 aliphatic heterocycles. The summed E-state index contributed by atoms with van der Waals surface area (Å²) in [7, 11) is 0. The van der Waals surface area contributed by atoms with E-state index < -0.39 is 0 Å². The van der Waals surface area contributed by atoms with Crippen molar-refractivity contribution in [3.63, 3.8) is 0 Å². The zero-order valence-electron chi connectivity index (χ0n) is 16.0. The number of anilines is 1. The van der Waals surface area contributed by atoms with Crippen molar-refractivity contribution in [1.82, 2.24) is 14.9 Å². The van der Waals surface area contributed by atoms with Crippen LogP contribution in [0.15, 0.2) is 55.4 Å². The zero-order chi connectivity index (χ0) is 20.5. The van der Waals surface area contributed by atoms with Crippen LogP contribution < -0.4 is 4.90 Å². The number of benzene rings is 2. The minimum Gasteiger partial charge on any atom is -0.507 e. The van der Waals surface area contributed by atoms with Crippen LogP contribution >= 0.6 is 11.6 Å². The average molecular weight is 409 g/mol. The number of piperazine rings is 1. The number of halogens is 1. The van der Waals surface area contributed by atoms with E-state index in [1.807, 2.05) is 36.1 Å². The number of carbonyl (C=O) groups excluding carboxylic acids is 1. The van der Waals surface area contributed by atoms with Gasteiger partial charge in [-0.25, -0.2) is 9.97 Å². The molecule has 1 N–H and O–H groups in total. The molecule has 6 nitrogen and oxygen atoms in total. The van der Waals surface area contributed by atoms with E-state index in [0.29, 0.717) is 30.2 Å². The van der Waals surface area contributed by atoms with E-state index in [2.05, 4.69) is 21.4 Å². The molecule has 4 rings (SSSR count). The fraction of sp³-hybridized carbons (Fsp3) is 0.227. The Balaban J connectivity index is 1.72. The molecule has 2 aromatic carbocycles. The molecule has 148 valence electrons. The Morgan fingerprint density at radius 3 is 2.76 bits per heavy atom. The number of phenolic OH excluding ortho intramolecular Hbond substituents is 1. The largest absolute Gasteiger partial charge is 0.507 e. The van der Waals surface area contributed by atoms with Gasteiger partial charge in [0.25, 0.3) is 0 Å². The highest BCUT2D eigenvalue weighted by atomic mass is 35.5. The monoisotopic (exact) mass is 408 g/mol. The number of phenols is 1. The van der Waals surface area contributed by atoms with Gasteiger partial charge in [-0.15, -0.1) is 0 Å². The highest BCUT2D eigenvalue weighted by molar-refractivity contribution is 6.34. The molecule has 0 aliphatic carbocycles. The summed E-state index contributed by atoms with van der Waals surface area (Å²) in [6, 6.07) is 10.8. The Hall–Kier alpha value is -3.12. The van der Waals surface area contributed by atoms with Crippen molar-refractivity contribution >= 4 is 34.2 Å². The van der Waals surface area contributed by atoms with Crippen molar-refractivity contribution in [3.05, 3.63) is 60.4 Å². The van der Waals surface area contributed by atoms with Crippen LogP contribution in [0.4, 0.5) is 5.82 Å². The van der Waals surface area contributed by atoms with Gasteiger partial charge in [0, 0.05) is 47.2 Å². The molecule has 3 aromatic rings. The fourth-order valence-electron chi connectivity index (χ4n) is 3.82. The topological polar surface area (TPSA) is 69.6 Å². The number of amides is 1. The highest BCUT2D eigenvalue weighted by Gasteiger charge is 2.28. The van der Waals surface area contributed by atoms with Crippen LogP contribution in [0.1, 0.15) is 6.92 Å². The summed E-state index contributed by atoms with van der Waals surface area (Å²) in [6.07, 6.45) is 2.89. The number of carbonyl (C=O) groups is 1. The Morgan fingerprint density at radius 2 is 2.03 bits per heavy atom. The number of para-hydroxylation sites is 1. The third-order valence-corrected chi connectivity index (χ3v) is 5.59. The maximum Gasteiger partial charge on any atom is 0.246 e. The first-order valence-electron chi connectivity index (χ1n) is 9.40. The van der Waals surface area contributed by atoms with E-state index in [1.165, 1.54) is 12.4 Å². The highest BCUT2D eigenvalue weighted by Crippen LogP contribution is 2.38. The molecule has 1 aliphatic rings. The number of nitrogens with zero attached hydrogens (tertiary/aromatic N) is 4. The van der Waals surface area contributed by atoms with Crippen molar-refractivity contribution in [2.75, 3.05) is 24.5 Å². The van der Waals surface area contributed by atoms with Crippen LogP contribution in [0.25, 0.3) is 22.0 Å². The number of aromatic nitrogens is 2. The van der Waals surface area contributed by atoms with Crippen LogP contribution in [0.3, 0.4) is 0 Å². The molecule has 2 heterocycles. The standard InChI is InChI=1S/C22H21ClN4O2/c1-3-21(29)27-9-8-26(12-14(27)2)22-17-10-18(23)16(11-19(17)24-13-25-22)15-6-4-5-7-20(15)28/h3-7,10-11,13-14,28H,1,8-9,12H2,2H3. The van der Waals surface area contributed by atoms with Crippen molar-refractivity contribution in [1.29, 1.82) is 0 Å². The van der Waals surface area contributed by atoms with Crippen molar-refractivity contribution in [3.8, 4) is 16.9 Å². The van der Waals surface area contributed by atoms with Gasteiger partial charge < -0.3 is 14.9 Å². The molecule has 1 saturated heterocycles. The fourth-order valence-corrected chi connectivity index (χ4v) is 4.08. The third-order valence-electron chi connectivity index (χ3n) is 5.28. The van der Waals surface area contributed by atoms with Gasteiger partial charge in [0.15, 0.2) is 0 Å². The molecule has 0 radical (unpaired) electrons. The minimum absolute atomic E-state index is 0.0373. The molecule has 1 aromatic heterocycles. The lowest BCUT2D eigenvalue weighted by Gasteiger charge is -2.40. The lowest BCUT2D eigenvalue weighted by atomic mass is 10.0. The molecule has 29 heavy (non-hydrogen) atoms. The van der Waals surface area contributed by atoms with Gasteiger partial charge >= 0.3 is 0 Å². The van der Waals surface area contributed by atoms with Gasteiger partial charge in [0.05, 0.1) is 5.52 Å². The van der Waals surface area contributed by atoms with Crippen molar-refractivity contribution in [2.45, 2.75) is 13.0 Å². The van der Waals surface area contributed by atoms with Crippen LogP contribution in [-0.2, 0) is 4.79 Å². The zero-order valence-corrected chi connectivity index (χ0v) is 16.8. The predicted molar refractivity (Wildman–Crippen MR) is 115 cm³/mol. The Morgan fingerprint density at radius 1 is 1.24 bits per heavy atom. The van der Waals surface area contributed by atoms with E-state index in [0.717, 1.165) is 22.3 Å². The van der Waals surface area contributed by atoms with Crippen LogP contribution in [0.2, 0.25) is 5.02 Å². The molecular formula is C22H21ClN4O2. The van der Waals surface area contributed by atoms with Gasteiger partial charge in [0.2, 0.25) is 5.91 Å². The molecule has 0 saturated carbocycles. The van der Waals surface area contributed by atoms with Gasteiger partial charge in [-0.1, -0.05) is 36.4 Å². The third kappa shape index (κ3) is 3.51. The summed E-state index contributed by atoms with van der Waals surface area (Å²) in [5.41, 5.74) is 2.12. The van der Waals surface area contributed by atoms with Gasteiger partial charge in [-0.05, 0) is 31.2 Å². The normalized spacial score (nSPS) is 16.8. The van der Waals surface area contributed by atoms with Crippen LogP contribution in [0.5, 0.6) is 5.75 Å². The van der Waals surface area contributed by atoms with Gasteiger partial charge in [-0.2, -0.15) is 0 Å². The molecule has 1 atom stereocenters. The number of hydrogen-bond donors (Lipinski definition) is 1. The second-order valence-corrected chi connectivity index (χ2v) is 7.50. The van der Waals surface area contributed by atoms with Crippen molar-refractivity contribution < 1.29 is 9.90 Å². The Bertz CT molecular complexity index is 1100. The first-order chi connectivity index (χ1) is 14.0. The summed E-state index contributed by atoms with van der Waals surface area (Å²) < 4.78 is 0. The number of aromatic hydroxyl groups is 1. The predicted octanol–water partition coefficient (Wildman–Crippen LogP) is 3.88. The van der Waals surface area contributed by atoms with Crippen LogP contribution in [0, 0.1) is 0 Å². The summed E-state index contributed by atoms with van der Waals surface area (Å²) >= 11 is 6.58. The lowest BCUT2D eigenvalue weighted by molar-refractivity contribution is -0.128. The summed E-state index contributed by atoms with van der Waals surface area (Å²) in [5.74, 6) is 0.901. The first-order valence-corrected chi connectivity index (χ1v) is 9.78. The summed E-state index contributed by atoms with van der Waals surface area (Å²) in [5, 5.41) is 11.6. The van der Waals surface area contributed by atoms with Gasteiger partial charge in [-0.3, -0.25) is 4.79 Å².